The second-order valence-electron chi connectivity index (χ2n) is 8.41. The molecule has 2 heteroatoms. The van der Waals surface area contributed by atoms with Gasteiger partial charge >= 0.3 is 0 Å². The van der Waals surface area contributed by atoms with Crippen LogP contribution in [0.5, 0.6) is 0 Å². The number of carbonyl (C=O) groups is 2. The summed E-state index contributed by atoms with van der Waals surface area (Å²) in [5, 5.41) is 0. The molecular weight excluding hydrogens is 380 g/mol. The molecule has 31 heavy (non-hydrogen) atoms. The van der Waals surface area contributed by atoms with E-state index >= 15 is 0 Å². The maximum Gasteiger partial charge on any atom is 0.160 e. The number of Topliss-reactive ketones (excluding diaryl/α,β-unsaturated/α-hetero) is 2. The maximum atomic E-state index is 13.1. The van der Waals surface area contributed by atoms with Crippen LogP contribution in [-0.4, -0.2) is 11.6 Å². The van der Waals surface area contributed by atoms with Crippen LogP contribution in [0.15, 0.2) is 84.9 Å². The summed E-state index contributed by atoms with van der Waals surface area (Å²) in [5.41, 5.74) is 9.44. The van der Waals surface area contributed by atoms with E-state index in [9.17, 15) is 9.59 Å². The Kier molecular flexibility index (Phi) is 3.56. The molecule has 0 saturated heterocycles. The molecule has 4 aromatic carbocycles. The third kappa shape index (κ3) is 2.07. The smallest absolute Gasteiger partial charge is 0.160 e. The normalized spacial score (nSPS) is 14.0. The largest absolute Gasteiger partial charge is 0.294 e. The van der Waals surface area contributed by atoms with Crippen molar-refractivity contribution in [2.75, 3.05) is 0 Å². The molecule has 0 N–H and O–H groups in total. The lowest BCUT2D eigenvalue weighted by Crippen LogP contribution is -2.28. The highest BCUT2D eigenvalue weighted by Crippen LogP contribution is 2.63. The van der Waals surface area contributed by atoms with Gasteiger partial charge < -0.3 is 0 Å². The predicted octanol–water partition coefficient (Wildman–Crippen LogP) is 6.44. The first-order valence-electron chi connectivity index (χ1n) is 10.6. The van der Waals surface area contributed by atoms with Gasteiger partial charge in [0, 0.05) is 11.1 Å². The molecule has 2 aliphatic rings. The number of benzene rings is 4. The zero-order valence-corrected chi connectivity index (χ0v) is 17.4. The topological polar surface area (TPSA) is 34.1 Å². The number of ketones is 2. The SMILES string of the molecule is CC(=O)c1ccc2c(c1C(C)=O)C1(c3ccccc3-c3ccccc31)c1ccccc1-2. The number of rotatable bonds is 2. The average Bonchev–Trinajstić information content (AvgIpc) is 3.26. The lowest BCUT2D eigenvalue weighted by molar-refractivity contribution is 0.0979. The first-order valence-corrected chi connectivity index (χ1v) is 10.6. The summed E-state index contributed by atoms with van der Waals surface area (Å²) in [6.07, 6.45) is 0. The fourth-order valence-electron chi connectivity index (χ4n) is 5.85. The van der Waals surface area contributed by atoms with E-state index < -0.39 is 5.41 Å². The molecule has 0 aliphatic heterocycles. The molecule has 0 atom stereocenters. The highest BCUT2D eigenvalue weighted by Gasteiger charge is 2.53. The minimum Gasteiger partial charge on any atom is -0.294 e. The van der Waals surface area contributed by atoms with Crippen molar-refractivity contribution in [1.29, 1.82) is 0 Å². The highest BCUT2D eigenvalue weighted by molar-refractivity contribution is 6.12. The van der Waals surface area contributed by atoms with Gasteiger partial charge in [-0.25, -0.2) is 0 Å². The van der Waals surface area contributed by atoms with Crippen LogP contribution < -0.4 is 0 Å². The van der Waals surface area contributed by atoms with Crippen molar-refractivity contribution in [2.24, 2.45) is 0 Å². The fraction of sp³-hybridized carbons (Fsp3) is 0.103. The lowest BCUT2D eigenvalue weighted by atomic mass is 9.68. The molecule has 0 bridgehead atoms. The molecule has 6 rings (SSSR count). The van der Waals surface area contributed by atoms with Crippen LogP contribution >= 0.6 is 0 Å². The van der Waals surface area contributed by atoms with Crippen molar-refractivity contribution in [3.63, 3.8) is 0 Å². The molecule has 0 aromatic heterocycles. The monoisotopic (exact) mass is 400 g/mol. The zero-order chi connectivity index (χ0) is 21.3. The Labute approximate surface area is 181 Å². The summed E-state index contributed by atoms with van der Waals surface area (Å²) in [5.74, 6) is -0.158. The third-order valence-corrected chi connectivity index (χ3v) is 6.89. The summed E-state index contributed by atoms with van der Waals surface area (Å²) in [4.78, 5) is 25.7. The van der Waals surface area contributed by atoms with Gasteiger partial charge in [0.25, 0.3) is 0 Å². The number of fused-ring (bicyclic) bond motifs is 10. The molecule has 148 valence electrons. The number of carbonyl (C=O) groups excluding carboxylic acids is 2. The van der Waals surface area contributed by atoms with Crippen molar-refractivity contribution in [3.05, 3.63) is 118 Å². The van der Waals surface area contributed by atoms with Crippen molar-refractivity contribution >= 4 is 11.6 Å². The molecule has 2 aliphatic carbocycles. The van der Waals surface area contributed by atoms with Gasteiger partial charge in [-0.1, -0.05) is 84.9 Å². The van der Waals surface area contributed by atoms with E-state index in [1.165, 1.54) is 27.8 Å². The summed E-state index contributed by atoms with van der Waals surface area (Å²) in [6, 6.07) is 29.2. The molecule has 0 radical (unpaired) electrons. The Morgan fingerprint density at radius 2 is 1.00 bits per heavy atom. The minimum atomic E-state index is -0.606. The molecular formula is C29H20O2. The van der Waals surface area contributed by atoms with Crippen LogP contribution in [0.25, 0.3) is 22.3 Å². The van der Waals surface area contributed by atoms with Crippen LogP contribution in [0.2, 0.25) is 0 Å². The van der Waals surface area contributed by atoms with Crippen molar-refractivity contribution in [1.82, 2.24) is 0 Å². The average molecular weight is 400 g/mol. The molecule has 0 saturated carbocycles. The Morgan fingerprint density at radius 3 is 1.45 bits per heavy atom. The van der Waals surface area contributed by atoms with Crippen LogP contribution in [0, 0.1) is 0 Å². The van der Waals surface area contributed by atoms with Gasteiger partial charge in [-0.15, -0.1) is 0 Å². The maximum absolute atomic E-state index is 13.1. The van der Waals surface area contributed by atoms with Gasteiger partial charge in [-0.2, -0.15) is 0 Å². The Balaban J connectivity index is 1.90. The van der Waals surface area contributed by atoms with Crippen molar-refractivity contribution in [2.45, 2.75) is 19.3 Å². The van der Waals surface area contributed by atoms with Gasteiger partial charge in [0.1, 0.15) is 0 Å². The van der Waals surface area contributed by atoms with Gasteiger partial charge in [-0.05, 0) is 58.4 Å². The van der Waals surface area contributed by atoms with Crippen molar-refractivity contribution < 1.29 is 9.59 Å². The summed E-state index contributed by atoms with van der Waals surface area (Å²) >= 11 is 0. The highest BCUT2D eigenvalue weighted by atomic mass is 16.1. The molecule has 0 heterocycles. The zero-order valence-electron chi connectivity index (χ0n) is 17.4. The lowest BCUT2D eigenvalue weighted by Gasteiger charge is -2.32. The Hall–Kier alpha value is -3.78. The number of hydrogen-bond donors (Lipinski definition) is 0. The molecule has 0 fully saturated rings. The van der Waals surface area contributed by atoms with E-state index in [0.717, 1.165) is 16.7 Å². The quantitative estimate of drug-likeness (QED) is 0.314. The Morgan fingerprint density at radius 1 is 0.548 bits per heavy atom. The van der Waals surface area contributed by atoms with E-state index in [-0.39, 0.29) is 11.6 Å². The van der Waals surface area contributed by atoms with Gasteiger partial charge in [0.05, 0.1) is 5.41 Å². The first kappa shape index (κ1) is 18.0. The van der Waals surface area contributed by atoms with Crippen LogP contribution in [0.4, 0.5) is 0 Å². The minimum absolute atomic E-state index is 0.0731. The van der Waals surface area contributed by atoms with E-state index in [2.05, 4.69) is 66.7 Å². The second kappa shape index (κ2) is 6.12. The summed E-state index contributed by atoms with van der Waals surface area (Å²) in [6.45, 7) is 3.12. The van der Waals surface area contributed by atoms with E-state index in [1.54, 1.807) is 13.8 Å². The van der Waals surface area contributed by atoms with Crippen LogP contribution in [-0.2, 0) is 5.41 Å². The van der Waals surface area contributed by atoms with Crippen LogP contribution in [0.3, 0.4) is 0 Å². The molecule has 2 nitrogen and oxygen atoms in total. The van der Waals surface area contributed by atoms with Gasteiger partial charge in [0.15, 0.2) is 11.6 Å². The summed E-state index contributed by atoms with van der Waals surface area (Å²) in [7, 11) is 0. The predicted molar refractivity (Wildman–Crippen MR) is 123 cm³/mol. The molecule has 1 spiro atoms. The molecule has 0 unspecified atom stereocenters. The second-order valence-corrected chi connectivity index (χ2v) is 8.41. The standard InChI is InChI=1S/C29H20O2/c1-17(30)19-15-16-23-22-11-5-8-14-26(22)29(28(23)27(19)18(2)31)24-12-6-3-9-20(24)21-10-4-7-13-25(21)29/h3-16H,1-2H3. The third-order valence-electron chi connectivity index (χ3n) is 6.89. The molecule has 0 amide bonds. The van der Waals surface area contributed by atoms with Crippen LogP contribution in [0.1, 0.15) is 56.8 Å². The number of hydrogen-bond acceptors (Lipinski definition) is 2. The fourth-order valence-corrected chi connectivity index (χ4v) is 5.85. The summed E-state index contributed by atoms with van der Waals surface area (Å²) < 4.78 is 0. The van der Waals surface area contributed by atoms with Crippen molar-refractivity contribution in [3.8, 4) is 22.3 Å². The first-order chi connectivity index (χ1) is 15.1. The van der Waals surface area contributed by atoms with Gasteiger partial charge in [-0.3, -0.25) is 9.59 Å². The van der Waals surface area contributed by atoms with E-state index in [0.29, 0.717) is 11.1 Å². The Bertz CT molecular complexity index is 1380. The van der Waals surface area contributed by atoms with Gasteiger partial charge in [0.2, 0.25) is 0 Å². The molecule has 4 aromatic rings. The van der Waals surface area contributed by atoms with E-state index in [1.807, 2.05) is 18.2 Å². The van der Waals surface area contributed by atoms with E-state index in [4.69, 9.17) is 0 Å².